The minimum absolute atomic E-state index is 0.167. The lowest BCUT2D eigenvalue weighted by Gasteiger charge is -2.34. The fourth-order valence-corrected chi connectivity index (χ4v) is 4.00. The van der Waals surface area contributed by atoms with Crippen LogP contribution in [-0.4, -0.2) is 46.7 Å². The quantitative estimate of drug-likeness (QED) is 0.759. The average Bonchev–Trinajstić information content (AvgIpc) is 3.01. The fourth-order valence-electron chi connectivity index (χ4n) is 3.33. The third-order valence-corrected chi connectivity index (χ3v) is 5.30. The molecule has 1 saturated heterocycles. The summed E-state index contributed by atoms with van der Waals surface area (Å²) < 4.78 is 28.4. The van der Waals surface area contributed by atoms with Gasteiger partial charge in [-0.25, -0.2) is 8.42 Å². The predicted molar refractivity (Wildman–Crippen MR) is 72.4 cm³/mol. The molecule has 0 amide bonds. The molecule has 1 aliphatic carbocycles. The van der Waals surface area contributed by atoms with E-state index in [0.717, 1.165) is 38.3 Å². The number of sulfone groups is 1. The van der Waals surface area contributed by atoms with Crippen LogP contribution in [0.25, 0.3) is 0 Å². The van der Waals surface area contributed by atoms with Crippen LogP contribution < -0.4 is 5.32 Å². The molecule has 2 rings (SSSR count). The highest BCUT2D eigenvalue weighted by atomic mass is 32.2. The van der Waals surface area contributed by atoms with Crippen molar-refractivity contribution in [3.05, 3.63) is 0 Å². The summed E-state index contributed by atoms with van der Waals surface area (Å²) >= 11 is 0. The number of ether oxygens (including phenoxy) is 1. The molecule has 0 aromatic carbocycles. The first-order chi connectivity index (χ1) is 8.47. The Morgan fingerprint density at radius 3 is 2.67 bits per heavy atom. The van der Waals surface area contributed by atoms with Gasteiger partial charge in [0, 0.05) is 30.6 Å². The van der Waals surface area contributed by atoms with Gasteiger partial charge in [-0.15, -0.1) is 0 Å². The number of rotatable bonds is 7. The molecule has 2 unspecified atom stereocenters. The Labute approximate surface area is 110 Å². The zero-order chi connectivity index (χ0) is 13.2. The highest BCUT2D eigenvalue weighted by Crippen LogP contribution is 2.49. The van der Waals surface area contributed by atoms with Crippen LogP contribution in [0, 0.1) is 11.3 Å². The highest BCUT2D eigenvalue weighted by molar-refractivity contribution is 7.90. The van der Waals surface area contributed by atoms with Crippen LogP contribution in [0.1, 0.15) is 32.1 Å². The smallest absolute Gasteiger partial charge is 0.147 e. The summed E-state index contributed by atoms with van der Waals surface area (Å²) in [4.78, 5) is 0. The molecule has 1 aliphatic heterocycles. The van der Waals surface area contributed by atoms with Crippen molar-refractivity contribution >= 4 is 9.84 Å². The first kappa shape index (κ1) is 14.3. The van der Waals surface area contributed by atoms with Crippen molar-refractivity contribution < 1.29 is 13.2 Å². The molecule has 0 spiro atoms. The van der Waals surface area contributed by atoms with Gasteiger partial charge in [-0.05, 0) is 45.1 Å². The topological polar surface area (TPSA) is 55.4 Å². The van der Waals surface area contributed by atoms with Gasteiger partial charge in [0.2, 0.25) is 0 Å². The van der Waals surface area contributed by atoms with Gasteiger partial charge in [-0.1, -0.05) is 0 Å². The Balaban J connectivity index is 1.97. The maximum absolute atomic E-state index is 11.2. The van der Waals surface area contributed by atoms with Gasteiger partial charge in [-0.2, -0.15) is 0 Å². The minimum Gasteiger partial charge on any atom is -0.377 e. The maximum Gasteiger partial charge on any atom is 0.147 e. The molecule has 4 nitrogen and oxygen atoms in total. The third kappa shape index (κ3) is 3.45. The zero-order valence-electron chi connectivity index (χ0n) is 11.4. The molecule has 1 N–H and O–H groups in total. The van der Waals surface area contributed by atoms with Crippen LogP contribution >= 0.6 is 0 Å². The molecule has 0 radical (unpaired) electrons. The SMILES string of the molecule is CNCC1(CCCS(C)(=O)=O)CCOC1C1CC1. The van der Waals surface area contributed by atoms with Crippen molar-refractivity contribution in [3.8, 4) is 0 Å². The van der Waals surface area contributed by atoms with Gasteiger partial charge in [0.15, 0.2) is 0 Å². The third-order valence-electron chi connectivity index (χ3n) is 4.27. The van der Waals surface area contributed by atoms with Crippen LogP contribution in [-0.2, 0) is 14.6 Å². The second kappa shape index (κ2) is 5.47. The van der Waals surface area contributed by atoms with E-state index in [2.05, 4.69) is 5.32 Å². The molecular formula is C13H25NO3S. The number of hydrogen-bond donors (Lipinski definition) is 1. The van der Waals surface area contributed by atoms with Crippen molar-refractivity contribution in [2.45, 2.75) is 38.2 Å². The summed E-state index contributed by atoms with van der Waals surface area (Å²) in [7, 11) is -0.868. The van der Waals surface area contributed by atoms with Gasteiger partial charge >= 0.3 is 0 Å². The monoisotopic (exact) mass is 275 g/mol. The van der Waals surface area contributed by atoms with Crippen molar-refractivity contribution in [1.29, 1.82) is 0 Å². The summed E-state index contributed by atoms with van der Waals surface area (Å²) in [5.74, 6) is 1.02. The van der Waals surface area contributed by atoms with Gasteiger partial charge in [0.25, 0.3) is 0 Å². The Morgan fingerprint density at radius 2 is 2.11 bits per heavy atom. The Kier molecular flexibility index (Phi) is 4.34. The summed E-state index contributed by atoms with van der Waals surface area (Å²) in [6.07, 6.45) is 7.02. The standard InChI is InChI=1S/C13H25NO3S/c1-14-10-13(6-3-9-18(2,15)16)7-8-17-12(13)11-4-5-11/h11-12,14H,3-10H2,1-2H3. The van der Waals surface area contributed by atoms with E-state index < -0.39 is 9.84 Å². The van der Waals surface area contributed by atoms with E-state index in [9.17, 15) is 8.42 Å². The molecule has 2 atom stereocenters. The molecular weight excluding hydrogens is 250 g/mol. The summed E-state index contributed by atoms with van der Waals surface area (Å²) in [5, 5.41) is 3.28. The van der Waals surface area contributed by atoms with E-state index in [1.54, 1.807) is 0 Å². The van der Waals surface area contributed by atoms with Gasteiger partial charge < -0.3 is 10.1 Å². The van der Waals surface area contributed by atoms with Crippen molar-refractivity contribution in [1.82, 2.24) is 5.32 Å². The number of hydrogen-bond acceptors (Lipinski definition) is 4. The molecule has 0 aromatic rings. The summed E-state index contributed by atoms with van der Waals surface area (Å²) in [6, 6.07) is 0. The fraction of sp³-hybridized carbons (Fsp3) is 1.00. The Bertz CT molecular complexity index is 378. The average molecular weight is 275 g/mol. The molecule has 0 bridgehead atoms. The molecule has 106 valence electrons. The number of nitrogens with one attached hydrogen (secondary N) is 1. The van der Waals surface area contributed by atoms with E-state index in [1.807, 2.05) is 7.05 Å². The van der Waals surface area contributed by atoms with Crippen LogP contribution in [0.15, 0.2) is 0 Å². The highest BCUT2D eigenvalue weighted by Gasteiger charge is 2.50. The summed E-state index contributed by atoms with van der Waals surface area (Å²) in [5.41, 5.74) is 0.167. The lowest BCUT2D eigenvalue weighted by molar-refractivity contribution is 0.0271. The van der Waals surface area contributed by atoms with Crippen LogP contribution in [0.5, 0.6) is 0 Å². The van der Waals surface area contributed by atoms with Crippen molar-refractivity contribution in [2.75, 3.05) is 32.2 Å². The Hall–Kier alpha value is -0.130. The van der Waals surface area contributed by atoms with E-state index in [4.69, 9.17) is 4.74 Å². The van der Waals surface area contributed by atoms with Gasteiger partial charge in [0.1, 0.15) is 9.84 Å². The second-order valence-electron chi connectivity index (χ2n) is 6.00. The van der Waals surface area contributed by atoms with E-state index in [1.165, 1.54) is 19.1 Å². The first-order valence-corrected chi connectivity index (χ1v) is 8.97. The Morgan fingerprint density at radius 1 is 1.39 bits per heavy atom. The van der Waals surface area contributed by atoms with E-state index in [0.29, 0.717) is 11.9 Å². The molecule has 1 saturated carbocycles. The van der Waals surface area contributed by atoms with Gasteiger partial charge in [-0.3, -0.25) is 0 Å². The molecule has 0 aromatic heterocycles. The molecule has 18 heavy (non-hydrogen) atoms. The van der Waals surface area contributed by atoms with E-state index in [-0.39, 0.29) is 5.41 Å². The lowest BCUT2D eigenvalue weighted by Crippen LogP contribution is -2.41. The molecule has 1 heterocycles. The van der Waals surface area contributed by atoms with Crippen LogP contribution in [0.4, 0.5) is 0 Å². The second-order valence-corrected chi connectivity index (χ2v) is 8.26. The normalized spacial score (nSPS) is 32.9. The van der Waals surface area contributed by atoms with Crippen LogP contribution in [0.2, 0.25) is 0 Å². The minimum atomic E-state index is -2.84. The zero-order valence-corrected chi connectivity index (χ0v) is 12.3. The summed E-state index contributed by atoms with van der Waals surface area (Å²) in [6.45, 7) is 1.78. The van der Waals surface area contributed by atoms with Crippen molar-refractivity contribution in [2.24, 2.45) is 11.3 Å². The van der Waals surface area contributed by atoms with Gasteiger partial charge in [0.05, 0.1) is 6.10 Å². The molecule has 2 fully saturated rings. The van der Waals surface area contributed by atoms with E-state index >= 15 is 0 Å². The first-order valence-electron chi connectivity index (χ1n) is 6.91. The molecule has 5 heteroatoms. The molecule has 2 aliphatic rings. The van der Waals surface area contributed by atoms with Crippen LogP contribution in [0.3, 0.4) is 0 Å². The predicted octanol–water partition coefficient (Wildman–Crippen LogP) is 1.22. The largest absolute Gasteiger partial charge is 0.377 e. The lowest BCUT2D eigenvalue weighted by atomic mass is 9.75. The maximum atomic E-state index is 11.2. The van der Waals surface area contributed by atoms with Crippen molar-refractivity contribution in [3.63, 3.8) is 0 Å².